The first-order valence-corrected chi connectivity index (χ1v) is 20.1. The molecule has 10 aromatic rings. The Morgan fingerprint density at radius 3 is 1.61 bits per heavy atom. The minimum atomic E-state index is -0.161. The molecule has 2 aromatic heterocycles. The van der Waals surface area contributed by atoms with E-state index in [9.17, 15) is 0 Å². The van der Waals surface area contributed by atoms with Crippen LogP contribution in [0.2, 0.25) is 0 Å². The van der Waals surface area contributed by atoms with Crippen LogP contribution in [0.25, 0.3) is 75.8 Å². The second-order valence-electron chi connectivity index (χ2n) is 15.3. The molecule has 56 heavy (non-hydrogen) atoms. The van der Waals surface area contributed by atoms with Gasteiger partial charge in [0.2, 0.25) is 0 Å². The Morgan fingerprint density at radius 2 is 0.929 bits per heavy atom. The molecule has 0 saturated heterocycles. The van der Waals surface area contributed by atoms with Gasteiger partial charge in [-0.25, -0.2) is 0 Å². The molecule has 2 nitrogen and oxygen atoms in total. The van der Waals surface area contributed by atoms with Crippen LogP contribution in [-0.2, 0) is 5.41 Å². The fraction of sp³-hybridized carbons (Fsp3) is 0.0566. The zero-order valence-electron chi connectivity index (χ0n) is 31.2. The number of hydrogen-bond acceptors (Lipinski definition) is 3. The van der Waals surface area contributed by atoms with Crippen LogP contribution in [0.3, 0.4) is 0 Å². The largest absolute Gasteiger partial charge is 0.456 e. The van der Waals surface area contributed by atoms with Gasteiger partial charge in [-0.3, -0.25) is 0 Å². The molecule has 0 atom stereocenters. The van der Waals surface area contributed by atoms with Crippen molar-refractivity contribution in [1.82, 2.24) is 0 Å². The maximum Gasteiger partial charge on any atom is 0.139 e. The number of rotatable bonds is 6. The van der Waals surface area contributed by atoms with E-state index in [-0.39, 0.29) is 5.41 Å². The van der Waals surface area contributed by atoms with Crippen LogP contribution in [0.15, 0.2) is 192 Å². The second-order valence-corrected chi connectivity index (χ2v) is 16.4. The molecule has 266 valence electrons. The van der Waals surface area contributed by atoms with E-state index < -0.39 is 0 Å². The van der Waals surface area contributed by atoms with E-state index in [1.807, 2.05) is 17.4 Å². The highest BCUT2D eigenvalue weighted by molar-refractivity contribution is 7.25. The molecule has 0 fully saturated rings. The lowest BCUT2D eigenvalue weighted by atomic mass is 9.80. The van der Waals surface area contributed by atoms with Gasteiger partial charge in [-0.05, 0) is 106 Å². The Labute approximate surface area is 330 Å². The standard InChI is InChI=1S/C53H37NOS/c1-53(2)47-33-39(22-30-44(47)52-51(53)45-13-6-8-14-48(45)55-52)37-20-28-42(29-21-37)54(40-24-16-35(17-25-40)34-10-4-3-5-11-34)41-26-18-36(19-27-41)38-23-31-50-46(32-38)43-12-7-9-15-49(43)56-50/h3-33H,1-2H3. The number of thiophene rings is 1. The fourth-order valence-corrected chi connectivity index (χ4v) is 9.91. The summed E-state index contributed by atoms with van der Waals surface area (Å²) in [6.07, 6.45) is 0. The topological polar surface area (TPSA) is 16.4 Å². The van der Waals surface area contributed by atoms with Gasteiger partial charge in [-0.1, -0.05) is 135 Å². The highest BCUT2D eigenvalue weighted by atomic mass is 32.1. The number of furan rings is 1. The molecule has 11 rings (SSSR count). The Balaban J connectivity index is 0.954. The van der Waals surface area contributed by atoms with Crippen LogP contribution < -0.4 is 4.90 Å². The number of benzene rings is 8. The average Bonchev–Trinajstić information content (AvgIpc) is 3.90. The van der Waals surface area contributed by atoms with Crippen molar-refractivity contribution >= 4 is 59.5 Å². The SMILES string of the molecule is CC1(C)c2cc(-c3ccc(N(c4ccc(-c5ccccc5)cc4)c4ccc(-c5ccc6sc7ccccc7c6c5)cc4)cc3)ccc2-c2oc3ccccc3c21. The molecule has 0 aliphatic heterocycles. The van der Waals surface area contributed by atoms with Crippen molar-refractivity contribution in [2.75, 3.05) is 4.90 Å². The van der Waals surface area contributed by atoms with E-state index in [1.165, 1.54) is 75.6 Å². The molecule has 0 spiro atoms. The van der Waals surface area contributed by atoms with Gasteiger partial charge in [-0.2, -0.15) is 0 Å². The van der Waals surface area contributed by atoms with E-state index >= 15 is 0 Å². The maximum atomic E-state index is 6.43. The van der Waals surface area contributed by atoms with E-state index in [2.05, 4.69) is 201 Å². The van der Waals surface area contributed by atoms with E-state index in [4.69, 9.17) is 4.42 Å². The third-order valence-corrected chi connectivity index (χ3v) is 12.8. The lowest BCUT2D eigenvalue weighted by molar-refractivity contribution is 0.619. The highest BCUT2D eigenvalue weighted by Crippen LogP contribution is 2.53. The molecule has 1 aliphatic carbocycles. The third-order valence-electron chi connectivity index (χ3n) is 11.7. The summed E-state index contributed by atoms with van der Waals surface area (Å²) < 4.78 is 9.09. The number of nitrogens with zero attached hydrogens (tertiary/aromatic N) is 1. The van der Waals surface area contributed by atoms with Crippen LogP contribution in [0, 0.1) is 0 Å². The summed E-state index contributed by atoms with van der Waals surface area (Å²) in [5, 5.41) is 3.85. The number of fused-ring (bicyclic) bond motifs is 8. The van der Waals surface area contributed by atoms with Gasteiger partial charge >= 0.3 is 0 Å². The summed E-state index contributed by atoms with van der Waals surface area (Å²) in [6.45, 7) is 4.64. The number of hydrogen-bond donors (Lipinski definition) is 0. The Bertz CT molecular complexity index is 3080. The van der Waals surface area contributed by atoms with Crippen molar-refractivity contribution in [2.24, 2.45) is 0 Å². The van der Waals surface area contributed by atoms with Crippen molar-refractivity contribution in [3.63, 3.8) is 0 Å². The lowest BCUT2D eigenvalue weighted by Crippen LogP contribution is -2.15. The first-order chi connectivity index (χ1) is 27.5. The highest BCUT2D eigenvalue weighted by Gasteiger charge is 2.40. The Kier molecular flexibility index (Phi) is 7.42. The molecule has 2 heterocycles. The molecule has 0 unspecified atom stereocenters. The van der Waals surface area contributed by atoms with Crippen LogP contribution in [0.1, 0.15) is 25.0 Å². The molecule has 0 N–H and O–H groups in total. The Hall–Kier alpha value is -6.68. The van der Waals surface area contributed by atoms with Gasteiger partial charge in [0.05, 0.1) is 0 Å². The summed E-state index contributed by atoms with van der Waals surface area (Å²) in [4.78, 5) is 2.35. The van der Waals surface area contributed by atoms with E-state index in [0.29, 0.717) is 0 Å². The average molecular weight is 736 g/mol. The summed E-state index contributed by atoms with van der Waals surface area (Å²) >= 11 is 1.86. The van der Waals surface area contributed by atoms with Gasteiger partial charge in [0.25, 0.3) is 0 Å². The number of para-hydroxylation sites is 1. The second kappa shape index (κ2) is 12.7. The van der Waals surface area contributed by atoms with Crippen LogP contribution in [0.4, 0.5) is 17.1 Å². The molecule has 0 radical (unpaired) electrons. The molecule has 8 aromatic carbocycles. The van der Waals surface area contributed by atoms with Gasteiger partial charge in [0.1, 0.15) is 11.3 Å². The molecule has 3 heteroatoms. The van der Waals surface area contributed by atoms with Crippen molar-refractivity contribution in [1.29, 1.82) is 0 Å². The summed E-state index contributed by atoms with van der Waals surface area (Å²) in [5.74, 6) is 1.01. The van der Waals surface area contributed by atoms with Gasteiger partial charge < -0.3 is 9.32 Å². The predicted molar refractivity (Wildman–Crippen MR) is 238 cm³/mol. The van der Waals surface area contributed by atoms with E-state index in [1.54, 1.807) is 0 Å². The molecule has 0 saturated carbocycles. The van der Waals surface area contributed by atoms with Crippen LogP contribution in [-0.4, -0.2) is 0 Å². The van der Waals surface area contributed by atoms with Crippen molar-refractivity contribution in [3.8, 4) is 44.7 Å². The first kappa shape index (κ1) is 32.7. The lowest BCUT2D eigenvalue weighted by Gasteiger charge is -2.26. The van der Waals surface area contributed by atoms with E-state index in [0.717, 1.165) is 28.4 Å². The maximum absolute atomic E-state index is 6.43. The van der Waals surface area contributed by atoms with Gasteiger partial charge in [0, 0.05) is 59.2 Å². The molecular formula is C53H37NOS. The quantitative estimate of drug-likeness (QED) is 0.169. The molecular weight excluding hydrogens is 699 g/mol. The van der Waals surface area contributed by atoms with Crippen LogP contribution >= 0.6 is 11.3 Å². The molecule has 1 aliphatic rings. The summed E-state index contributed by atoms with van der Waals surface area (Å²) in [5.41, 5.74) is 15.1. The Morgan fingerprint density at radius 1 is 0.429 bits per heavy atom. The van der Waals surface area contributed by atoms with Gasteiger partial charge in [0.15, 0.2) is 0 Å². The van der Waals surface area contributed by atoms with Crippen LogP contribution in [0.5, 0.6) is 0 Å². The third kappa shape index (κ3) is 5.23. The molecule has 0 amide bonds. The minimum absolute atomic E-state index is 0.161. The van der Waals surface area contributed by atoms with Crippen molar-refractivity contribution < 1.29 is 4.42 Å². The summed E-state index contributed by atoms with van der Waals surface area (Å²) in [6, 6.07) is 68.3. The normalized spacial score (nSPS) is 13.0. The molecule has 0 bridgehead atoms. The smallest absolute Gasteiger partial charge is 0.139 e. The monoisotopic (exact) mass is 735 g/mol. The number of anilines is 3. The zero-order chi connectivity index (χ0) is 37.4. The minimum Gasteiger partial charge on any atom is -0.456 e. The van der Waals surface area contributed by atoms with Crippen molar-refractivity contribution in [2.45, 2.75) is 19.3 Å². The predicted octanol–water partition coefficient (Wildman–Crippen LogP) is 15.6. The van der Waals surface area contributed by atoms with Gasteiger partial charge in [-0.15, -0.1) is 11.3 Å². The van der Waals surface area contributed by atoms with Crippen molar-refractivity contribution in [3.05, 3.63) is 199 Å². The first-order valence-electron chi connectivity index (χ1n) is 19.2. The zero-order valence-corrected chi connectivity index (χ0v) is 32.0. The fourth-order valence-electron chi connectivity index (χ4n) is 8.82. The summed E-state index contributed by atoms with van der Waals surface area (Å²) in [7, 11) is 0.